The summed E-state index contributed by atoms with van der Waals surface area (Å²) in [5.74, 6) is 0.413. The van der Waals surface area contributed by atoms with Gasteiger partial charge in [0.1, 0.15) is 24.0 Å². The van der Waals surface area contributed by atoms with Crippen molar-refractivity contribution in [2.24, 2.45) is 0 Å². The van der Waals surface area contributed by atoms with E-state index in [4.69, 9.17) is 13.9 Å². The van der Waals surface area contributed by atoms with E-state index >= 15 is 0 Å². The van der Waals surface area contributed by atoms with Crippen LogP contribution in [0.15, 0.2) is 47.1 Å². The van der Waals surface area contributed by atoms with Crippen LogP contribution in [0.25, 0.3) is 0 Å². The highest BCUT2D eigenvalue weighted by molar-refractivity contribution is 5.96. The molecule has 0 bridgehead atoms. The van der Waals surface area contributed by atoms with Gasteiger partial charge in [-0.15, -0.1) is 0 Å². The molecule has 1 heterocycles. The van der Waals surface area contributed by atoms with Gasteiger partial charge in [-0.1, -0.05) is 12.1 Å². The van der Waals surface area contributed by atoms with Crippen molar-refractivity contribution in [2.45, 2.75) is 52.6 Å². The Kier molecular flexibility index (Phi) is 7.01. The fraction of sp³-hybridized carbons (Fsp3) is 0.400. The Bertz CT molecular complexity index is 750. The maximum atomic E-state index is 12.3. The van der Waals surface area contributed by atoms with Crippen LogP contribution in [0.1, 0.15) is 39.0 Å². The quantitative estimate of drug-likeness (QED) is 0.768. The summed E-state index contributed by atoms with van der Waals surface area (Å²) in [4.78, 5) is 24.0. The molecule has 0 saturated heterocycles. The summed E-state index contributed by atoms with van der Waals surface area (Å²) in [5.41, 5.74) is 0.911. The highest BCUT2D eigenvalue weighted by atomic mass is 16.6. The Morgan fingerprint density at radius 3 is 2.59 bits per heavy atom. The minimum absolute atomic E-state index is 0.338. The molecule has 2 amide bonds. The monoisotopic (exact) mass is 374 g/mol. The van der Waals surface area contributed by atoms with Crippen molar-refractivity contribution in [1.82, 2.24) is 5.32 Å². The smallest absolute Gasteiger partial charge is 0.408 e. The molecule has 2 rings (SSSR count). The minimum atomic E-state index is -0.737. The van der Waals surface area contributed by atoms with Gasteiger partial charge in [0.15, 0.2) is 0 Å². The molecule has 1 aromatic heterocycles. The Hall–Kier alpha value is -2.80. The van der Waals surface area contributed by atoms with Crippen molar-refractivity contribution in [3.05, 3.63) is 54.0 Å². The number of anilines is 1. The van der Waals surface area contributed by atoms with E-state index in [1.165, 1.54) is 0 Å². The molecule has 0 radical (unpaired) electrons. The van der Waals surface area contributed by atoms with Crippen LogP contribution in [0, 0.1) is 0 Å². The van der Waals surface area contributed by atoms with Crippen LogP contribution in [-0.2, 0) is 27.5 Å². The third-order valence-electron chi connectivity index (χ3n) is 3.41. The first-order valence-electron chi connectivity index (χ1n) is 8.72. The molecule has 1 atom stereocenters. The molecule has 0 aliphatic heterocycles. The van der Waals surface area contributed by atoms with Gasteiger partial charge in [-0.2, -0.15) is 0 Å². The van der Waals surface area contributed by atoms with Gasteiger partial charge in [-0.3, -0.25) is 4.79 Å². The number of amides is 2. The van der Waals surface area contributed by atoms with Gasteiger partial charge < -0.3 is 24.5 Å². The number of furan rings is 1. The third kappa shape index (κ3) is 7.53. The van der Waals surface area contributed by atoms with Crippen LogP contribution in [0.5, 0.6) is 0 Å². The number of nitrogens with one attached hydrogen (secondary N) is 2. The summed E-state index contributed by atoms with van der Waals surface area (Å²) in [6.45, 7) is 7.64. The maximum absolute atomic E-state index is 12.3. The zero-order valence-corrected chi connectivity index (χ0v) is 16.1. The van der Waals surface area contributed by atoms with Crippen molar-refractivity contribution in [3.63, 3.8) is 0 Å². The minimum Gasteiger partial charge on any atom is -0.467 e. The van der Waals surface area contributed by atoms with E-state index in [2.05, 4.69) is 10.6 Å². The Labute approximate surface area is 159 Å². The van der Waals surface area contributed by atoms with Crippen molar-refractivity contribution < 1.29 is 23.5 Å². The molecule has 146 valence electrons. The summed E-state index contributed by atoms with van der Waals surface area (Å²) < 4.78 is 15.9. The number of carbonyl (C=O) groups excluding carboxylic acids is 2. The lowest BCUT2D eigenvalue weighted by Crippen LogP contribution is -2.43. The second-order valence-electron chi connectivity index (χ2n) is 7.13. The summed E-state index contributed by atoms with van der Waals surface area (Å²) in [5, 5.41) is 5.28. The van der Waals surface area contributed by atoms with Gasteiger partial charge in [0.2, 0.25) is 5.91 Å². The number of carbonyl (C=O) groups is 2. The molecule has 2 N–H and O–H groups in total. The van der Waals surface area contributed by atoms with Gasteiger partial charge in [-0.05, 0) is 57.5 Å². The van der Waals surface area contributed by atoms with E-state index in [9.17, 15) is 9.59 Å². The van der Waals surface area contributed by atoms with Crippen LogP contribution >= 0.6 is 0 Å². The van der Waals surface area contributed by atoms with Crippen LogP contribution in [0.4, 0.5) is 10.5 Å². The molecule has 0 aliphatic carbocycles. The van der Waals surface area contributed by atoms with Gasteiger partial charge in [0.05, 0.1) is 12.9 Å². The molecule has 27 heavy (non-hydrogen) atoms. The van der Waals surface area contributed by atoms with E-state index in [0.717, 1.165) is 11.3 Å². The summed E-state index contributed by atoms with van der Waals surface area (Å²) in [6, 6.07) is 10.2. The molecular formula is C20H26N2O5. The molecule has 0 unspecified atom stereocenters. The van der Waals surface area contributed by atoms with Crippen molar-refractivity contribution in [1.29, 1.82) is 0 Å². The molecule has 0 aliphatic rings. The lowest BCUT2D eigenvalue weighted by molar-refractivity contribution is -0.117. The zero-order valence-electron chi connectivity index (χ0n) is 16.1. The molecule has 1 aromatic carbocycles. The van der Waals surface area contributed by atoms with Gasteiger partial charge in [0, 0.05) is 5.69 Å². The molecular weight excluding hydrogens is 348 g/mol. The molecule has 0 fully saturated rings. The standard InChI is InChI=1S/C20H26N2O5/c1-14(21-19(24)27-20(2,3)4)18(23)22-16-8-5-7-15(11-16)12-25-13-17-9-6-10-26-17/h5-11,14H,12-13H2,1-4H3,(H,21,24)(H,22,23)/t14-/m1/s1. The normalized spacial score (nSPS) is 12.3. The van der Waals surface area contributed by atoms with Crippen molar-refractivity contribution >= 4 is 17.7 Å². The van der Waals surface area contributed by atoms with Gasteiger partial charge >= 0.3 is 6.09 Å². The highest BCUT2D eigenvalue weighted by Gasteiger charge is 2.21. The van der Waals surface area contributed by atoms with E-state index < -0.39 is 17.7 Å². The first kappa shape index (κ1) is 20.5. The topological polar surface area (TPSA) is 89.8 Å². The van der Waals surface area contributed by atoms with Gasteiger partial charge in [0.25, 0.3) is 0 Å². The average Bonchev–Trinajstić information content (AvgIpc) is 3.06. The maximum Gasteiger partial charge on any atom is 0.408 e. The van der Waals surface area contributed by atoms with Gasteiger partial charge in [-0.25, -0.2) is 4.79 Å². The lowest BCUT2D eigenvalue weighted by atomic mass is 10.2. The number of ether oxygens (including phenoxy) is 2. The first-order chi connectivity index (χ1) is 12.7. The number of hydrogen-bond donors (Lipinski definition) is 2. The fourth-order valence-electron chi connectivity index (χ4n) is 2.20. The van der Waals surface area contributed by atoms with Crippen LogP contribution in [0.2, 0.25) is 0 Å². The lowest BCUT2D eigenvalue weighted by Gasteiger charge is -2.21. The summed E-state index contributed by atoms with van der Waals surface area (Å²) >= 11 is 0. The predicted octanol–water partition coefficient (Wildman–Crippen LogP) is 3.85. The Balaban J connectivity index is 1.83. The largest absolute Gasteiger partial charge is 0.467 e. The SMILES string of the molecule is C[C@@H](NC(=O)OC(C)(C)C)C(=O)Nc1cccc(COCc2ccco2)c1. The Morgan fingerprint density at radius 2 is 1.93 bits per heavy atom. The number of alkyl carbamates (subject to hydrolysis) is 1. The highest BCUT2D eigenvalue weighted by Crippen LogP contribution is 2.13. The first-order valence-corrected chi connectivity index (χ1v) is 8.72. The third-order valence-corrected chi connectivity index (χ3v) is 3.41. The molecule has 2 aromatic rings. The van der Waals surface area contributed by atoms with E-state index in [0.29, 0.717) is 18.9 Å². The molecule has 0 saturated carbocycles. The second kappa shape index (κ2) is 9.23. The average molecular weight is 374 g/mol. The van der Waals surface area contributed by atoms with Crippen molar-refractivity contribution in [3.8, 4) is 0 Å². The van der Waals surface area contributed by atoms with Crippen LogP contribution < -0.4 is 10.6 Å². The number of rotatable bonds is 7. The molecule has 0 spiro atoms. The number of benzene rings is 1. The summed E-state index contributed by atoms with van der Waals surface area (Å²) in [6.07, 6.45) is 0.964. The molecule has 7 heteroatoms. The summed E-state index contributed by atoms with van der Waals surface area (Å²) in [7, 11) is 0. The zero-order chi connectivity index (χ0) is 19.9. The van der Waals surface area contributed by atoms with E-state index in [-0.39, 0.29) is 5.91 Å². The van der Waals surface area contributed by atoms with Crippen LogP contribution in [-0.4, -0.2) is 23.6 Å². The predicted molar refractivity (Wildman–Crippen MR) is 101 cm³/mol. The number of hydrogen-bond acceptors (Lipinski definition) is 5. The molecule has 7 nitrogen and oxygen atoms in total. The second-order valence-corrected chi connectivity index (χ2v) is 7.13. The Morgan fingerprint density at radius 1 is 1.15 bits per heavy atom. The van der Waals surface area contributed by atoms with Crippen LogP contribution in [0.3, 0.4) is 0 Å². The van der Waals surface area contributed by atoms with Crippen molar-refractivity contribution in [2.75, 3.05) is 5.32 Å². The fourth-order valence-corrected chi connectivity index (χ4v) is 2.20. The van der Waals surface area contributed by atoms with E-state index in [1.54, 1.807) is 46.1 Å². The van der Waals surface area contributed by atoms with E-state index in [1.807, 2.05) is 24.3 Å².